The van der Waals surface area contributed by atoms with Crippen LogP contribution in [0.2, 0.25) is 5.02 Å². The Balaban J connectivity index is 1.99. The minimum absolute atomic E-state index is 0.559. The van der Waals surface area contributed by atoms with E-state index in [2.05, 4.69) is 28.9 Å². The third-order valence-electron chi connectivity index (χ3n) is 4.20. The number of hydrogen-bond acceptors (Lipinski definition) is 4. The summed E-state index contributed by atoms with van der Waals surface area (Å²) in [5.41, 5.74) is 4.86. The van der Waals surface area contributed by atoms with E-state index in [1.807, 2.05) is 59.8 Å². The predicted octanol–water partition coefficient (Wildman–Crippen LogP) is 4.38. The first-order chi connectivity index (χ1) is 12.5. The average molecular weight is 364 g/mol. The summed E-state index contributed by atoms with van der Waals surface area (Å²) in [6.07, 6.45) is 0. The highest BCUT2D eigenvalue weighted by Gasteiger charge is 2.26. The van der Waals surface area contributed by atoms with Gasteiger partial charge in [0.2, 0.25) is 0 Å². The third kappa shape index (κ3) is 2.80. The summed E-state index contributed by atoms with van der Waals surface area (Å²) in [6.45, 7) is 8.51. The van der Waals surface area contributed by atoms with Crippen LogP contribution in [0.25, 0.3) is 5.69 Å². The number of anilines is 1. The summed E-state index contributed by atoms with van der Waals surface area (Å²) >= 11 is 6.07. The lowest BCUT2D eigenvalue weighted by molar-refractivity contribution is 0.837. The maximum Gasteiger partial charge on any atom is 0.252 e. The zero-order chi connectivity index (χ0) is 18.3. The lowest BCUT2D eigenvalue weighted by Gasteiger charge is -2.17. The Labute approximate surface area is 157 Å². The SMILES string of the molecule is C=C(C)CN1N=C(c2ccc(Cl)cc2)c2ccccc2-n2c(C)nnc21. The van der Waals surface area contributed by atoms with Crippen LogP contribution in [0.3, 0.4) is 0 Å². The Morgan fingerprint density at radius 1 is 1.08 bits per heavy atom. The molecule has 26 heavy (non-hydrogen) atoms. The Bertz CT molecular complexity index is 1020. The molecule has 130 valence electrons. The van der Waals surface area contributed by atoms with E-state index in [0.717, 1.165) is 33.9 Å². The molecule has 1 aliphatic rings. The highest BCUT2D eigenvalue weighted by molar-refractivity contribution is 6.30. The van der Waals surface area contributed by atoms with Crippen molar-refractivity contribution in [1.82, 2.24) is 14.8 Å². The standard InChI is InChI=1S/C20H18ClN5/c1-13(2)12-25-20-23-22-14(3)26(20)18-7-5-4-6-17(18)19(24-25)15-8-10-16(21)11-9-15/h4-11H,1,12H2,2-3H3. The molecule has 5 nitrogen and oxygen atoms in total. The number of hydrazone groups is 1. The van der Waals surface area contributed by atoms with E-state index in [0.29, 0.717) is 17.5 Å². The van der Waals surface area contributed by atoms with Gasteiger partial charge in [0, 0.05) is 16.1 Å². The molecule has 0 saturated carbocycles. The minimum atomic E-state index is 0.559. The van der Waals surface area contributed by atoms with Crippen LogP contribution >= 0.6 is 11.6 Å². The highest BCUT2D eigenvalue weighted by Crippen LogP contribution is 2.30. The predicted molar refractivity (Wildman–Crippen MR) is 105 cm³/mol. The number of halogens is 1. The van der Waals surface area contributed by atoms with Crippen LogP contribution < -0.4 is 5.01 Å². The van der Waals surface area contributed by atoms with Gasteiger partial charge in [-0.2, -0.15) is 5.10 Å². The molecule has 0 unspecified atom stereocenters. The molecule has 0 spiro atoms. The second-order valence-electron chi connectivity index (χ2n) is 6.37. The van der Waals surface area contributed by atoms with Gasteiger partial charge in [0.15, 0.2) is 0 Å². The van der Waals surface area contributed by atoms with E-state index >= 15 is 0 Å². The summed E-state index contributed by atoms with van der Waals surface area (Å²) in [6, 6.07) is 15.9. The number of nitrogens with zero attached hydrogens (tertiary/aromatic N) is 5. The van der Waals surface area contributed by atoms with Gasteiger partial charge in [-0.05, 0) is 32.0 Å². The van der Waals surface area contributed by atoms with Crippen molar-refractivity contribution in [1.29, 1.82) is 0 Å². The lowest BCUT2D eigenvalue weighted by atomic mass is 10.0. The number of fused-ring (bicyclic) bond motifs is 3. The van der Waals surface area contributed by atoms with Crippen molar-refractivity contribution in [2.24, 2.45) is 5.10 Å². The summed E-state index contributed by atoms with van der Waals surface area (Å²) < 4.78 is 2.03. The van der Waals surface area contributed by atoms with Gasteiger partial charge in [-0.3, -0.25) is 4.57 Å². The quantitative estimate of drug-likeness (QED) is 0.649. The molecule has 0 saturated heterocycles. The average Bonchev–Trinajstić information content (AvgIpc) is 2.94. The van der Waals surface area contributed by atoms with Crippen LogP contribution in [-0.4, -0.2) is 27.0 Å². The Kier molecular flexibility index (Phi) is 4.09. The molecule has 0 amide bonds. The fourth-order valence-electron chi connectivity index (χ4n) is 3.07. The summed E-state index contributed by atoms with van der Waals surface area (Å²) in [7, 11) is 0. The van der Waals surface area contributed by atoms with Crippen LogP contribution in [0.1, 0.15) is 23.9 Å². The first-order valence-electron chi connectivity index (χ1n) is 8.33. The molecule has 0 fully saturated rings. The van der Waals surface area contributed by atoms with Gasteiger partial charge in [-0.25, -0.2) is 5.01 Å². The van der Waals surface area contributed by atoms with Crippen molar-refractivity contribution in [2.75, 3.05) is 11.6 Å². The second-order valence-corrected chi connectivity index (χ2v) is 6.81. The monoisotopic (exact) mass is 363 g/mol. The fraction of sp³-hybridized carbons (Fsp3) is 0.150. The van der Waals surface area contributed by atoms with Gasteiger partial charge >= 0.3 is 0 Å². The number of aryl methyl sites for hydroxylation is 1. The third-order valence-corrected chi connectivity index (χ3v) is 4.45. The molecular weight excluding hydrogens is 346 g/mol. The molecule has 1 aliphatic heterocycles. The van der Waals surface area contributed by atoms with E-state index in [4.69, 9.17) is 16.7 Å². The Morgan fingerprint density at radius 3 is 2.54 bits per heavy atom. The fourth-order valence-corrected chi connectivity index (χ4v) is 3.20. The van der Waals surface area contributed by atoms with Gasteiger partial charge < -0.3 is 0 Å². The van der Waals surface area contributed by atoms with Crippen molar-refractivity contribution >= 4 is 23.3 Å². The number of para-hydroxylation sites is 1. The van der Waals surface area contributed by atoms with Gasteiger partial charge in [-0.15, -0.1) is 10.2 Å². The molecule has 4 rings (SSSR count). The normalized spacial score (nSPS) is 12.9. The number of rotatable bonds is 3. The molecule has 0 radical (unpaired) electrons. The van der Waals surface area contributed by atoms with E-state index in [1.165, 1.54) is 0 Å². The van der Waals surface area contributed by atoms with Gasteiger partial charge in [0.1, 0.15) is 11.5 Å². The molecule has 0 N–H and O–H groups in total. The van der Waals surface area contributed by atoms with Crippen LogP contribution in [-0.2, 0) is 0 Å². The van der Waals surface area contributed by atoms with E-state index < -0.39 is 0 Å². The van der Waals surface area contributed by atoms with Gasteiger partial charge in [0.05, 0.1) is 12.2 Å². The van der Waals surface area contributed by atoms with Crippen LogP contribution in [0.4, 0.5) is 5.95 Å². The van der Waals surface area contributed by atoms with Crippen LogP contribution in [0.5, 0.6) is 0 Å². The topological polar surface area (TPSA) is 46.3 Å². The molecule has 0 atom stereocenters. The molecule has 1 aromatic heterocycles. The van der Waals surface area contributed by atoms with Crippen LogP contribution in [0, 0.1) is 6.92 Å². The van der Waals surface area contributed by atoms with E-state index in [-0.39, 0.29) is 0 Å². The molecule has 2 heterocycles. The maximum atomic E-state index is 6.07. The molecular formula is C20H18ClN5. The van der Waals surface area contributed by atoms with Gasteiger partial charge in [0.25, 0.3) is 5.95 Å². The Hall–Kier alpha value is -2.92. The molecule has 0 aliphatic carbocycles. The summed E-state index contributed by atoms with van der Waals surface area (Å²) in [4.78, 5) is 0. The highest BCUT2D eigenvalue weighted by atomic mass is 35.5. The maximum absolute atomic E-state index is 6.07. The molecule has 6 heteroatoms. The minimum Gasteiger partial charge on any atom is -0.263 e. The summed E-state index contributed by atoms with van der Waals surface area (Å²) in [5.74, 6) is 1.49. The zero-order valence-electron chi connectivity index (χ0n) is 14.6. The number of benzene rings is 2. The van der Waals surface area contributed by atoms with Crippen molar-refractivity contribution in [2.45, 2.75) is 13.8 Å². The van der Waals surface area contributed by atoms with Crippen molar-refractivity contribution in [3.63, 3.8) is 0 Å². The Morgan fingerprint density at radius 2 is 1.81 bits per heavy atom. The van der Waals surface area contributed by atoms with E-state index in [1.54, 1.807) is 0 Å². The van der Waals surface area contributed by atoms with Crippen molar-refractivity contribution in [3.05, 3.63) is 82.7 Å². The number of aromatic nitrogens is 3. The molecule has 3 aromatic rings. The smallest absolute Gasteiger partial charge is 0.252 e. The molecule has 2 aromatic carbocycles. The van der Waals surface area contributed by atoms with Crippen molar-refractivity contribution < 1.29 is 0 Å². The lowest BCUT2D eigenvalue weighted by Crippen LogP contribution is -2.22. The zero-order valence-corrected chi connectivity index (χ0v) is 15.4. The molecule has 0 bridgehead atoms. The van der Waals surface area contributed by atoms with Crippen LogP contribution in [0.15, 0.2) is 65.8 Å². The first kappa shape index (κ1) is 16.5. The van der Waals surface area contributed by atoms with E-state index in [9.17, 15) is 0 Å². The van der Waals surface area contributed by atoms with Gasteiger partial charge in [-0.1, -0.05) is 54.1 Å². The number of hydrogen-bond donors (Lipinski definition) is 0. The van der Waals surface area contributed by atoms with Crippen molar-refractivity contribution in [3.8, 4) is 5.69 Å². The summed E-state index contributed by atoms with van der Waals surface area (Å²) in [5, 5.41) is 16.1. The second kappa shape index (κ2) is 6.42. The largest absolute Gasteiger partial charge is 0.263 e. The first-order valence-corrected chi connectivity index (χ1v) is 8.70.